The Morgan fingerprint density at radius 1 is 1.30 bits per heavy atom. The summed E-state index contributed by atoms with van der Waals surface area (Å²) in [5.74, 6) is -1.38. The molecule has 2 heterocycles. The smallest absolute Gasteiger partial charge is 0.326 e. The molecular weight excluding hydrogens is 364 g/mol. The number of fused-ring (bicyclic) bond motifs is 2. The van der Waals surface area contributed by atoms with Crippen molar-refractivity contribution >= 4 is 44.5 Å². The van der Waals surface area contributed by atoms with Crippen molar-refractivity contribution in [2.24, 2.45) is 4.99 Å². The number of aromatic amines is 1. The van der Waals surface area contributed by atoms with Crippen molar-refractivity contribution in [3.63, 3.8) is 0 Å². The minimum atomic E-state index is -0.951. The summed E-state index contributed by atoms with van der Waals surface area (Å²) >= 11 is 1.30. The first kappa shape index (κ1) is 17.2. The second-order valence-electron chi connectivity index (χ2n) is 6.04. The third-order valence-corrected chi connectivity index (χ3v) is 5.42. The molecule has 1 unspecified atom stereocenters. The molecule has 0 saturated heterocycles. The molecule has 0 aliphatic rings. The van der Waals surface area contributed by atoms with Gasteiger partial charge in [-0.05, 0) is 36.8 Å². The van der Waals surface area contributed by atoms with Crippen LogP contribution in [0.1, 0.15) is 29.7 Å². The molecule has 136 valence electrons. The maximum atomic E-state index is 12.7. The Kier molecular flexibility index (Phi) is 4.33. The van der Waals surface area contributed by atoms with E-state index < -0.39 is 17.9 Å². The van der Waals surface area contributed by atoms with Gasteiger partial charge >= 0.3 is 5.97 Å². The summed E-state index contributed by atoms with van der Waals surface area (Å²) in [5, 5.41) is 9.62. The third kappa shape index (κ3) is 3.04. The number of para-hydroxylation sites is 1. The van der Waals surface area contributed by atoms with Crippen molar-refractivity contribution in [3.05, 3.63) is 59.2 Å². The van der Waals surface area contributed by atoms with Crippen LogP contribution in [0.25, 0.3) is 21.3 Å². The van der Waals surface area contributed by atoms with Crippen LogP contribution in [0, 0.1) is 0 Å². The van der Waals surface area contributed by atoms with E-state index in [-0.39, 0.29) is 0 Å². The zero-order valence-corrected chi connectivity index (χ0v) is 15.2. The molecule has 2 N–H and O–H groups in total. The monoisotopic (exact) mass is 380 g/mol. The number of nitrogens with one attached hydrogen (secondary N) is 1. The number of hydrogen-bond acceptors (Lipinski definition) is 4. The van der Waals surface area contributed by atoms with Crippen LogP contribution in [0.15, 0.2) is 53.8 Å². The van der Waals surface area contributed by atoms with Gasteiger partial charge in [0.1, 0.15) is 6.04 Å². The number of carboxylic acid groups (broad SMARTS) is 1. The van der Waals surface area contributed by atoms with Crippen LogP contribution in [0.2, 0.25) is 0 Å². The van der Waals surface area contributed by atoms with Crippen molar-refractivity contribution in [1.29, 1.82) is 0 Å². The Morgan fingerprint density at radius 2 is 2.11 bits per heavy atom. The van der Waals surface area contributed by atoms with E-state index in [0.29, 0.717) is 22.3 Å². The minimum Gasteiger partial charge on any atom is -0.480 e. The minimum absolute atomic E-state index is 0.373. The van der Waals surface area contributed by atoms with Crippen molar-refractivity contribution in [2.75, 3.05) is 0 Å². The lowest BCUT2D eigenvalue weighted by Gasteiger charge is -2.13. The lowest BCUT2D eigenvalue weighted by atomic mass is 10.2. The fourth-order valence-corrected chi connectivity index (χ4v) is 4.12. The van der Waals surface area contributed by atoms with E-state index in [1.54, 1.807) is 36.0 Å². The van der Waals surface area contributed by atoms with Crippen LogP contribution in [0.4, 0.5) is 0 Å². The normalized spacial score (nSPS) is 13.3. The van der Waals surface area contributed by atoms with Gasteiger partial charge in [0.25, 0.3) is 5.91 Å². The van der Waals surface area contributed by atoms with Gasteiger partial charge in [-0.15, -0.1) is 0 Å². The number of imidazole rings is 1. The van der Waals surface area contributed by atoms with Gasteiger partial charge in [-0.1, -0.05) is 30.4 Å². The lowest BCUT2D eigenvalue weighted by Crippen LogP contribution is -2.27. The highest BCUT2D eigenvalue weighted by Crippen LogP contribution is 2.22. The largest absolute Gasteiger partial charge is 0.480 e. The number of amides is 1. The topological polar surface area (TPSA) is 100 Å². The number of H-pyrrole nitrogens is 1. The van der Waals surface area contributed by atoms with Gasteiger partial charge in [-0.2, -0.15) is 4.99 Å². The molecule has 0 aliphatic heterocycles. The Hall–Kier alpha value is -3.26. The Morgan fingerprint density at radius 3 is 2.89 bits per heavy atom. The molecule has 0 spiro atoms. The van der Waals surface area contributed by atoms with E-state index in [9.17, 15) is 14.7 Å². The molecule has 1 atom stereocenters. The van der Waals surface area contributed by atoms with Gasteiger partial charge in [-0.3, -0.25) is 4.79 Å². The fourth-order valence-electron chi connectivity index (χ4n) is 3.05. The highest BCUT2D eigenvalue weighted by Gasteiger charge is 2.22. The number of thiazole rings is 1. The van der Waals surface area contributed by atoms with E-state index in [1.807, 2.05) is 24.3 Å². The zero-order valence-electron chi connectivity index (χ0n) is 14.4. The van der Waals surface area contributed by atoms with Crippen molar-refractivity contribution in [3.8, 4) is 0 Å². The number of hydrogen-bond donors (Lipinski definition) is 2. The summed E-state index contributed by atoms with van der Waals surface area (Å²) in [5.41, 5.74) is 2.67. The summed E-state index contributed by atoms with van der Waals surface area (Å²) in [4.78, 5) is 36.2. The summed E-state index contributed by atoms with van der Waals surface area (Å²) in [6.07, 6.45) is 1.95. The lowest BCUT2D eigenvalue weighted by molar-refractivity contribution is -0.140. The standard InChI is InChI=1S/C19H16N4O3S/c1-2-14(18(25)26)23-15-5-3-4-6-16(15)27-19(23)22-17(24)11-7-8-12-13(9-11)21-10-20-12/h3-10,14H,2H2,1H3,(H,20,21)(H,25,26)/b22-19+. The molecule has 1 amide bonds. The molecule has 0 bridgehead atoms. The van der Waals surface area contributed by atoms with Crippen LogP contribution in [-0.4, -0.2) is 31.5 Å². The third-order valence-electron chi connectivity index (χ3n) is 4.38. The Labute approximate surface area is 157 Å². The number of aliphatic carboxylic acids is 1. The summed E-state index contributed by atoms with van der Waals surface area (Å²) in [6.45, 7) is 1.80. The maximum Gasteiger partial charge on any atom is 0.326 e. The molecule has 2 aromatic carbocycles. The van der Waals surface area contributed by atoms with Gasteiger partial charge in [0.2, 0.25) is 0 Å². The van der Waals surface area contributed by atoms with Crippen LogP contribution in [-0.2, 0) is 4.79 Å². The average Bonchev–Trinajstić information content (AvgIpc) is 3.26. The van der Waals surface area contributed by atoms with Crippen molar-refractivity contribution in [2.45, 2.75) is 19.4 Å². The van der Waals surface area contributed by atoms with Gasteiger partial charge < -0.3 is 14.7 Å². The molecule has 7 nitrogen and oxygen atoms in total. The second-order valence-corrected chi connectivity index (χ2v) is 7.05. The average molecular weight is 380 g/mol. The second kappa shape index (κ2) is 6.81. The number of carboxylic acids is 1. The SMILES string of the molecule is CCC(C(=O)O)n1/c(=N\C(=O)c2ccc3[nH]cnc3c2)sc2ccccc21. The number of rotatable bonds is 4. The van der Waals surface area contributed by atoms with Crippen LogP contribution < -0.4 is 4.80 Å². The Balaban J connectivity index is 1.89. The van der Waals surface area contributed by atoms with Gasteiger partial charge in [0.15, 0.2) is 4.80 Å². The first-order chi connectivity index (χ1) is 13.1. The predicted octanol–water partition coefficient (Wildman–Crippen LogP) is 3.36. The maximum absolute atomic E-state index is 12.7. The van der Waals surface area contributed by atoms with E-state index in [0.717, 1.165) is 15.7 Å². The number of carbonyl (C=O) groups is 2. The van der Waals surface area contributed by atoms with Crippen LogP contribution in [0.3, 0.4) is 0 Å². The number of carbonyl (C=O) groups excluding carboxylic acids is 1. The zero-order chi connectivity index (χ0) is 19.0. The van der Waals surface area contributed by atoms with Crippen LogP contribution in [0.5, 0.6) is 0 Å². The highest BCUT2D eigenvalue weighted by molar-refractivity contribution is 7.16. The van der Waals surface area contributed by atoms with E-state index in [1.165, 1.54) is 11.3 Å². The predicted molar refractivity (Wildman–Crippen MR) is 103 cm³/mol. The molecule has 4 aromatic rings. The number of benzene rings is 2. The van der Waals surface area contributed by atoms with E-state index in [4.69, 9.17) is 0 Å². The molecule has 2 aromatic heterocycles. The number of nitrogens with zero attached hydrogens (tertiary/aromatic N) is 3. The highest BCUT2D eigenvalue weighted by atomic mass is 32.1. The summed E-state index contributed by atoms with van der Waals surface area (Å²) in [6, 6.07) is 11.8. The molecule has 0 aliphatic carbocycles. The van der Waals surface area contributed by atoms with E-state index >= 15 is 0 Å². The molecule has 0 fully saturated rings. The first-order valence-electron chi connectivity index (χ1n) is 8.43. The molecule has 0 radical (unpaired) electrons. The molecular formula is C19H16N4O3S. The molecule has 27 heavy (non-hydrogen) atoms. The fraction of sp³-hybridized carbons (Fsp3) is 0.158. The quantitative estimate of drug-likeness (QED) is 0.567. The summed E-state index contributed by atoms with van der Waals surface area (Å²) < 4.78 is 2.51. The van der Waals surface area contributed by atoms with Gasteiger partial charge in [0.05, 0.1) is 27.6 Å². The van der Waals surface area contributed by atoms with Crippen molar-refractivity contribution < 1.29 is 14.7 Å². The molecule has 4 rings (SSSR count). The van der Waals surface area contributed by atoms with Gasteiger partial charge in [0, 0.05) is 5.56 Å². The summed E-state index contributed by atoms with van der Waals surface area (Å²) in [7, 11) is 0. The van der Waals surface area contributed by atoms with E-state index in [2.05, 4.69) is 15.0 Å². The Bertz CT molecular complexity index is 1230. The molecule has 8 heteroatoms. The van der Waals surface area contributed by atoms with Gasteiger partial charge in [-0.25, -0.2) is 9.78 Å². The number of aromatic nitrogens is 3. The first-order valence-corrected chi connectivity index (χ1v) is 9.25. The van der Waals surface area contributed by atoms with Crippen LogP contribution >= 0.6 is 11.3 Å². The molecule has 0 saturated carbocycles. The van der Waals surface area contributed by atoms with Crippen molar-refractivity contribution in [1.82, 2.24) is 14.5 Å².